The number of aryl methyl sites for hydroxylation is 1. The minimum absolute atomic E-state index is 0.0363. The molecule has 3 aromatic rings. The number of imidazole rings is 1. The van der Waals surface area contributed by atoms with E-state index in [-0.39, 0.29) is 5.91 Å². The van der Waals surface area contributed by atoms with Gasteiger partial charge in [0.25, 0.3) is 5.91 Å². The van der Waals surface area contributed by atoms with Crippen molar-refractivity contribution in [3.05, 3.63) is 40.2 Å². The zero-order chi connectivity index (χ0) is 20.5. The minimum atomic E-state index is 0.0363. The Kier molecular flexibility index (Phi) is 5.49. The van der Waals surface area contributed by atoms with Crippen molar-refractivity contribution >= 4 is 28.4 Å². The van der Waals surface area contributed by atoms with Crippen LogP contribution in [0.25, 0.3) is 11.2 Å². The molecule has 2 fully saturated rings. The van der Waals surface area contributed by atoms with Gasteiger partial charge in [-0.3, -0.25) is 9.69 Å². The summed E-state index contributed by atoms with van der Waals surface area (Å²) in [5, 5.41) is 3.22. The SMILES string of the molecule is Cc1nc(CN2CCN(C(=O)c3cnc4c(c3)ncn4C3CCOCC3)CC2)cs1. The Morgan fingerprint density at radius 3 is 2.73 bits per heavy atom. The van der Waals surface area contributed by atoms with Gasteiger partial charge in [0, 0.05) is 63.6 Å². The molecule has 0 atom stereocenters. The van der Waals surface area contributed by atoms with Gasteiger partial charge in [-0.1, -0.05) is 0 Å². The largest absolute Gasteiger partial charge is 0.381 e. The molecule has 5 heterocycles. The van der Waals surface area contributed by atoms with Crippen molar-refractivity contribution in [3.63, 3.8) is 0 Å². The molecule has 2 saturated heterocycles. The number of hydrogen-bond donors (Lipinski definition) is 0. The van der Waals surface area contributed by atoms with Gasteiger partial charge in [0.1, 0.15) is 5.52 Å². The molecule has 8 nitrogen and oxygen atoms in total. The average molecular weight is 427 g/mol. The molecule has 0 N–H and O–H groups in total. The highest BCUT2D eigenvalue weighted by Crippen LogP contribution is 2.25. The molecule has 158 valence electrons. The quantitative estimate of drug-likeness (QED) is 0.638. The number of rotatable bonds is 4. The van der Waals surface area contributed by atoms with Crippen molar-refractivity contribution in [2.24, 2.45) is 0 Å². The first kappa shape index (κ1) is 19.6. The fourth-order valence-electron chi connectivity index (χ4n) is 4.27. The van der Waals surface area contributed by atoms with Crippen LogP contribution in [-0.2, 0) is 11.3 Å². The second kappa shape index (κ2) is 8.41. The molecule has 0 bridgehead atoms. The maximum atomic E-state index is 13.0. The molecule has 1 amide bonds. The molecule has 0 radical (unpaired) electrons. The van der Waals surface area contributed by atoms with Gasteiger partial charge in [-0.25, -0.2) is 15.0 Å². The average Bonchev–Trinajstić information content (AvgIpc) is 3.39. The Balaban J connectivity index is 1.24. The van der Waals surface area contributed by atoms with Gasteiger partial charge in [0.05, 0.1) is 22.6 Å². The van der Waals surface area contributed by atoms with Crippen molar-refractivity contribution in [2.75, 3.05) is 39.4 Å². The molecular formula is C21H26N6O2S. The van der Waals surface area contributed by atoms with Gasteiger partial charge in [0.2, 0.25) is 0 Å². The lowest BCUT2D eigenvalue weighted by atomic mass is 10.1. The number of pyridine rings is 1. The topological polar surface area (TPSA) is 76.4 Å². The van der Waals surface area contributed by atoms with E-state index in [0.29, 0.717) is 11.6 Å². The summed E-state index contributed by atoms with van der Waals surface area (Å²) < 4.78 is 7.59. The summed E-state index contributed by atoms with van der Waals surface area (Å²) in [6.45, 7) is 7.58. The zero-order valence-corrected chi connectivity index (χ0v) is 18.0. The number of fused-ring (bicyclic) bond motifs is 1. The summed E-state index contributed by atoms with van der Waals surface area (Å²) in [4.78, 5) is 31.0. The van der Waals surface area contributed by atoms with Crippen LogP contribution in [0.5, 0.6) is 0 Å². The van der Waals surface area contributed by atoms with Crippen molar-refractivity contribution < 1.29 is 9.53 Å². The Labute approximate surface area is 179 Å². The normalized spacial score (nSPS) is 18.9. The van der Waals surface area contributed by atoms with Crippen molar-refractivity contribution in [3.8, 4) is 0 Å². The fraction of sp³-hybridized carbons (Fsp3) is 0.524. The van der Waals surface area contributed by atoms with Gasteiger partial charge in [-0.2, -0.15) is 0 Å². The molecule has 0 saturated carbocycles. The number of ether oxygens (including phenoxy) is 1. The zero-order valence-electron chi connectivity index (χ0n) is 17.2. The van der Waals surface area contributed by atoms with E-state index in [9.17, 15) is 4.79 Å². The Morgan fingerprint density at radius 2 is 2.00 bits per heavy atom. The van der Waals surface area contributed by atoms with E-state index in [4.69, 9.17) is 4.74 Å². The summed E-state index contributed by atoms with van der Waals surface area (Å²) in [5.41, 5.74) is 3.36. The summed E-state index contributed by atoms with van der Waals surface area (Å²) in [6, 6.07) is 2.25. The number of carbonyl (C=O) groups excluding carboxylic acids is 1. The van der Waals surface area contributed by atoms with E-state index >= 15 is 0 Å². The number of thiazole rings is 1. The van der Waals surface area contributed by atoms with E-state index in [0.717, 1.165) is 80.6 Å². The van der Waals surface area contributed by atoms with Crippen LogP contribution in [-0.4, -0.2) is 74.6 Å². The monoisotopic (exact) mass is 426 g/mol. The lowest BCUT2D eigenvalue weighted by molar-refractivity contribution is 0.0627. The lowest BCUT2D eigenvalue weighted by Gasteiger charge is -2.34. The molecule has 3 aromatic heterocycles. The molecule has 2 aliphatic heterocycles. The third-order valence-electron chi connectivity index (χ3n) is 5.96. The van der Waals surface area contributed by atoms with Crippen molar-refractivity contribution in [1.82, 2.24) is 29.3 Å². The van der Waals surface area contributed by atoms with Gasteiger partial charge in [0.15, 0.2) is 5.65 Å². The van der Waals surface area contributed by atoms with E-state index < -0.39 is 0 Å². The first-order chi connectivity index (χ1) is 14.7. The van der Waals surface area contributed by atoms with Crippen LogP contribution in [0.3, 0.4) is 0 Å². The Morgan fingerprint density at radius 1 is 1.20 bits per heavy atom. The third kappa shape index (κ3) is 3.97. The molecule has 2 aliphatic rings. The lowest BCUT2D eigenvalue weighted by Crippen LogP contribution is -2.48. The fourth-order valence-corrected chi connectivity index (χ4v) is 4.87. The maximum Gasteiger partial charge on any atom is 0.255 e. The number of nitrogens with zero attached hydrogens (tertiary/aromatic N) is 6. The van der Waals surface area contributed by atoms with Crippen LogP contribution >= 0.6 is 11.3 Å². The van der Waals surface area contributed by atoms with Crippen LogP contribution in [0.2, 0.25) is 0 Å². The van der Waals surface area contributed by atoms with E-state index in [2.05, 4.69) is 29.8 Å². The third-order valence-corrected chi connectivity index (χ3v) is 6.78. The van der Waals surface area contributed by atoms with Crippen LogP contribution < -0.4 is 0 Å². The highest BCUT2D eigenvalue weighted by Gasteiger charge is 2.24. The van der Waals surface area contributed by atoms with Gasteiger partial charge >= 0.3 is 0 Å². The van der Waals surface area contributed by atoms with Gasteiger partial charge < -0.3 is 14.2 Å². The first-order valence-corrected chi connectivity index (χ1v) is 11.4. The van der Waals surface area contributed by atoms with Crippen LogP contribution in [0, 0.1) is 6.92 Å². The Bertz CT molecular complexity index is 1030. The van der Waals surface area contributed by atoms with Gasteiger partial charge in [-0.05, 0) is 25.8 Å². The number of hydrogen-bond acceptors (Lipinski definition) is 7. The maximum absolute atomic E-state index is 13.0. The van der Waals surface area contributed by atoms with E-state index in [1.165, 1.54) is 0 Å². The summed E-state index contributed by atoms with van der Waals surface area (Å²) in [5.74, 6) is 0.0363. The summed E-state index contributed by atoms with van der Waals surface area (Å²) in [6.07, 6.45) is 5.49. The second-order valence-corrected chi connectivity index (χ2v) is 9.05. The summed E-state index contributed by atoms with van der Waals surface area (Å²) in [7, 11) is 0. The molecule has 30 heavy (non-hydrogen) atoms. The molecule has 5 rings (SSSR count). The highest BCUT2D eigenvalue weighted by molar-refractivity contribution is 7.09. The van der Waals surface area contributed by atoms with Crippen LogP contribution in [0.4, 0.5) is 0 Å². The predicted octanol–water partition coefficient (Wildman–Crippen LogP) is 2.51. The van der Waals surface area contributed by atoms with Gasteiger partial charge in [-0.15, -0.1) is 11.3 Å². The number of amides is 1. The Hall–Kier alpha value is -2.36. The molecule has 0 aromatic carbocycles. The standard InChI is InChI=1S/C21H26N6O2S/c1-15-24-17(13-30-15)12-25-4-6-26(7-5-25)21(28)16-10-19-20(22-11-16)27(14-23-19)18-2-8-29-9-3-18/h10-11,13-14,18H,2-9,12H2,1H3. The highest BCUT2D eigenvalue weighted by atomic mass is 32.1. The number of piperazine rings is 1. The van der Waals surface area contributed by atoms with E-state index in [1.54, 1.807) is 17.5 Å². The van der Waals surface area contributed by atoms with Crippen molar-refractivity contribution in [1.29, 1.82) is 0 Å². The smallest absolute Gasteiger partial charge is 0.255 e. The van der Waals surface area contributed by atoms with Crippen LogP contribution in [0.15, 0.2) is 24.0 Å². The summed E-state index contributed by atoms with van der Waals surface area (Å²) >= 11 is 1.68. The van der Waals surface area contributed by atoms with Crippen molar-refractivity contribution in [2.45, 2.75) is 32.4 Å². The van der Waals surface area contributed by atoms with Crippen LogP contribution in [0.1, 0.15) is 39.9 Å². The molecule has 0 spiro atoms. The number of aromatic nitrogens is 4. The first-order valence-electron chi connectivity index (χ1n) is 10.5. The molecule has 0 aliphatic carbocycles. The second-order valence-electron chi connectivity index (χ2n) is 7.99. The molecular weight excluding hydrogens is 400 g/mol. The van der Waals surface area contributed by atoms with E-state index in [1.807, 2.05) is 24.2 Å². The predicted molar refractivity (Wildman–Crippen MR) is 115 cm³/mol. The minimum Gasteiger partial charge on any atom is -0.381 e. The molecule has 9 heteroatoms. The number of carbonyl (C=O) groups is 1. The molecule has 0 unspecified atom stereocenters.